The summed E-state index contributed by atoms with van der Waals surface area (Å²) in [7, 11) is 2.11. The van der Waals surface area contributed by atoms with Gasteiger partial charge in [0.1, 0.15) is 6.26 Å². The van der Waals surface area contributed by atoms with E-state index in [1.54, 1.807) is 6.07 Å². The van der Waals surface area contributed by atoms with Gasteiger partial charge in [-0.2, -0.15) is 0 Å². The third-order valence-corrected chi connectivity index (χ3v) is 2.84. The molecule has 1 aliphatic heterocycles. The summed E-state index contributed by atoms with van der Waals surface area (Å²) in [6.45, 7) is 2.10. The quantitative estimate of drug-likeness (QED) is 0.791. The molecule has 4 heteroatoms. The van der Waals surface area contributed by atoms with Gasteiger partial charge in [0, 0.05) is 6.04 Å². The van der Waals surface area contributed by atoms with Gasteiger partial charge >= 0.3 is 0 Å². The van der Waals surface area contributed by atoms with Crippen molar-refractivity contribution in [2.75, 3.05) is 20.1 Å². The third kappa shape index (κ3) is 2.59. The number of hydrogen-bond acceptors (Lipinski definition) is 3. The van der Waals surface area contributed by atoms with E-state index in [-0.39, 0.29) is 5.91 Å². The Hall–Kier alpha value is -1.29. The zero-order valence-corrected chi connectivity index (χ0v) is 8.90. The summed E-state index contributed by atoms with van der Waals surface area (Å²) < 4.78 is 4.87. The molecule has 0 unspecified atom stereocenters. The number of rotatable bonds is 2. The van der Waals surface area contributed by atoms with Gasteiger partial charge in [-0.1, -0.05) is 0 Å². The second-order valence-electron chi connectivity index (χ2n) is 4.06. The molecule has 1 aromatic heterocycles. The summed E-state index contributed by atoms with van der Waals surface area (Å²) in [5.41, 5.74) is 0.605. The summed E-state index contributed by atoms with van der Waals surface area (Å²) in [6.07, 6.45) is 5.05. The molecule has 1 fully saturated rings. The van der Waals surface area contributed by atoms with Crippen LogP contribution >= 0.6 is 0 Å². The fourth-order valence-electron chi connectivity index (χ4n) is 1.82. The lowest BCUT2D eigenvalue weighted by atomic mass is 10.1. The molecule has 0 aromatic carbocycles. The molecule has 0 spiro atoms. The highest BCUT2D eigenvalue weighted by Gasteiger charge is 2.19. The van der Waals surface area contributed by atoms with E-state index in [0.717, 1.165) is 25.9 Å². The molecule has 0 bridgehead atoms. The maximum absolute atomic E-state index is 11.7. The molecule has 0 aliphatic carbocycles. The second kappa shape index (κ2) is 4.49. The van der Waals surface area contributed by atoms with Crippen molar-refractivity contribution >= 4 is 5.91 Å². The van der Waals surface area contributed by atoms with Gasteiger partial charge in [-0.15, -0.1) is 0 Å². The van der Waals surface area contributed by atoms with Crippen molar-refractivity contribution in [1.82, 2.24) is 10.2 Å². The number of furan rings is 1. The summed E-state index contributed by atoms with van der Waals surface area (Å²) in [5.74, 6) is -0.0293. The lowest BCUT2D eigenvalue weighted by Crippen LogP contribution is -2.43. The lowest BCUT2D eigenvalue weighted by Gasteiger charge is -2.29. The Morgan fingerprint density at radius 1 is 1.53 bits per heavy atom. The molecular formula is C11H16N2O2. The Labute approximate surface area is 89.2 Å². The number of piperidine rings is 1. The van der Waals surface area contributed by atoms with E-state index >= 15 is 0 Å². The molecule has 1 aliphatic rings. The molecule has 4 nitrogen and oxygen atoms in total. The van der Waals surface area contributed by atoms with Crippen LogP contribution in [0, 0.1) is 0 Å². The van der Waals surface area contributed by atoms with E-state index in [1.165, 1.54) is 12.5 Å². The molecule has 1 aromatic rings. The van der Waals surface area contributed by atoms with E-state index in [2.05, 4.69) is 17.3 Å². The van der Waals surface area contributed by atoms with Crippen LogP contribution in [0.5, 0.6) is 0 Å². The molecule has 0 saturated carbocycles. The Bertz CT molecular complexity index is 313. The maximum Gasteiger partial charge on any atom is 0.254 e. The van der Waals surface area contributed by atoms with Crippen LogP contribution in [0.25, 0.3) is 0 Å². The number of carbonyl (C=O) groups is 1. The highest BCUT2D eigenvalue weighted by molar-refractivity contribution is 5.93. The Morgan fingerprint density at radius 2 is 2.27 bits per heavy atom. The first kappa shape index (κ1) is 10.2. The molecule has 1 saturated heterocycles. The highest BCUT2D eigenvalue weighted by Crippen LogP contribution is 2.09. The minimum Gasteiger partial charge on any atom is -0.472 e. The van der Waals surface area contributed by atoms with Crippen molar-refractivity contribution in [1.29, 1.82) is 0 Å². The van der Waals surface area contributed by atoms with Gasteiger partial charge in [-0.3, -0.25) is 4.79 Å². The van der Waals surface area contributed by atoms with Gasteiger partial charge in [0.25, 0.3) is 5.91 Å². The fraction of sp³-hybridized carbons (Fsp3) is 0.545. The molecule has 82 valence electrons. The first-order chi connectivity index (χ1) is 7.25. The molecule has 0 radical (unpaired) electrons. The minimum atomic E-state index is -0.0293. The average Bonchev–Trinajstić information content (AvgIpc) is 2.74. The van der Waals surface area contributed by atoms with Crippen LogP contribution in [0.2, 0.25) is 0 Å². The third-order valence-electron chi connectivity index (χ3n) is 2.84. The van der Waals surface area contributed by atoms with Gasteiger partial charge in [-0.25, -0.2) is 0 Å². The topological polar surface area (TPSA) is 45.5 Å². The van der Waals surface area contributed by atoms with Gasteiger partial charge in [0.15, 0.2) is 0 Å². The summed E-state index contributed by atoms with van der Waals surface area (Å²) >= 11 is 0. The standard InChI is InChI=1S/C11H16N2O2/c1-13-5-2-10(3-6-13)12-11(14)9-4-7-15-8-9/h4,7-8,10H,2-3,5-6H2,1H3,(H,12,14). The van der Waals surface area contributed by atoms with Gasteiger partial charge in [-0.05, 0) is 39.0 Å². The van der Waals surface area contributed by atoms with E-state index in [4.69, 9.17) is 4.42 Å². The maximum atomic E-state index is 11.7. The summed E-state index contributed by atoms with van der Waals surface area (Å²) in [5, 5.41) is 3.02. The van der Waals surface area contributed by atoms with Gasteiger partial charge in [0.05, 0.1) is 11.8 Å². The zero-order valence-electron chi connectivity index (χ0n) is 8.90. The van der Waals surface area contributed by atoms with Crippen LogP contribution in [0.3, 0.4) is 0 Å². The van der Waals surface area contributed by atoms with Crippen molar-refractivity contribution in [2.24, 2.45) is 0 Å². The van der Waals surface area contributed by atoms with Crippen LogP contribution in [-0.4, -0.2) is 37.0 Å². The van der Waals surface area contributed by atoms with Crippen LogP contribution in [0.1, 0.15) is 23.2 Å². The summed E-state index contributed by atoms with van der Waals surface area (Å²) in [4.78, 5) is 13.9. The molecule has 15 heavy (non-hydrogen) atoms. The van der Waals surface area contributed by atoms with E-state index in [9.17, 15) is 4.79 Å². The smallest absolute Gasteiger partial charge is 0.254 e. The molecule has 1 N–H and O–H groups in total. The lowest BCUT2D eigenvalue weighted by molar-refractivity contribution is 0.0916. The van der Waals surface area contributed by atoms with Crippen molar-refractivity contribution in [3.63, 3.8) is 0 Å². The van der Waals surface area contributed by atoms with Crippen molar-refractivity contribution in [3.8, 4) is 0 Å². The van der Waals surface area contributed by atoms with Crippen LogP contribution in [0.15, 0.2) is 23.0 Å². The van der Waals surface area contributed by atoms with Crippen LogP contribution < -0.4 is 5.32 Å². The Balaban J connectivity index is 1.85. The van der Waals surface area contributed by atoms with Crippen LogP contribution in [-0.2, 0) is 0 Å². The Kier molecular flexibility index (Phi) is 3.06. The first-order valence-electron chi connectivity index (χ1n) is 5.27. The van der Waals surface area contributed by atoms with Crippen molar-refractivity contribution in [2.45, 2.75) is 18.9 Å². The zero-order chi connectivity index (χ0) is 10.7. The molecule has 0 atom stereocenters. The van der Waals surface area contributed by atoms with Crippen molar-refractivity contribution < 1.29 is 9.21 Å². The van der Waals surface area contributed by atoms with E-state index < -0.39 is 0 Å². The molecule has 1 amide bonds. The predicted octanol–water partition coefficient (Wildman–Crippen LogP) is 1.10. The first-order valence-corrected chi connectivity index (χ1v) is 5.27. The number of likely N-dealkylation sites (tertiary alicyclic amines) is 1. The van der Waals surface area contributed by atoms with Crippen LogP contribution in [0.4, 0.5) is 0 Å². The van der Waals surface area contributed by atoms with Gasteiger partial charge < -0.3 is 14.6 Å². The molecule has 2 heterocycles. The number of carbonyl (C=O) groups excluding carboxylic acids is 1. The minimum absolute atomic E-state index is 0.0293. The van der Waals surface area contributed by atoms with E-state index in [0.29, 0.717) is 11.6 Å². The number of nitrogens with zero attached hydrogens (tertiary/aromatic N) is 1. The predicted molar refractivity (Wildman–Crippen MR) is 56.7 cm³/mol. The molecule has 2 rings (SSSR count). The summed E-state index contributed by atoms with van der Waals surface area (Å²) in [6, 6.07) is 1.99. The average molecular weight is 208 g/mol. The van der Waals surface area contributed by atoms with Crippen molar-refractivity contribution in [3.05, 3.63) is 24.2 Å². The van der Waals surface area contributed by atoms with E-state index in [1.807, 2.05) is 0 Å². The number of hydrogen-bond donors (Lipinski definition) is 1. The SMILES string of the molecule is CN1CCC(NC(=O)c2ccoc2)CC1. The Morgan fingerprint density at radius 3 is 2.87 bits per heavy atom. The normalized spacial score (nSPS) is 19.0. The fourth-order valence-corrected chi connectivity index (χ4v) is 1.82. The number of amides is 1. The van der Waals surface area contributed by atoms with Gasteiger partial charge in [0.2, 0.25) is 0 Å². The molecular weight excluding hydrogens is 192 g/mol. The largest absolute Gasteiger partial charge is 0.472 e. The highest BCUT2D eigenvalue weighted by atomic mass is 16.3. The number of nitrogens with one attached hydrogen (secondary N) is 1. The second-order valence-corrected chi connectivity index (χ2v) is 4.06. The monoisotopic (exact) mass is 208 g/mol.